The summed E-state index contributed by atoms with van der Waals surface area (Å²) in [7, 11) is 0. The van der Waals surface area contributed by atoms with Gasteiger partial charge in [0.05, 0.1) is 4.88 Å². The van der Waals surface area contributed by atoms with Gasteiger partial charge in [-0.2, -0.15) is 11.8 Å². The standard InChI is InChI=1S/C13H14N2O3S2/c16-11-2-1-8(12(17)15-11)14-13(18)10-5-7-6-19-4-3-9(7)20-10/h5,8H,1-4,6H2,(H,14,18)(H,15,16,17). The van der Waals surface area contributed by atoms with E-state index in [9.17, 15) is 14.4 Å². The van der Waals surface area contributed by atoms with E-state index in [-0.39, 0.29) is 18.2 Å². The van der Waals surface area contributed by atoms with E-state index in [4.69, 9.17) is 0 Å². The number of amides is 3. The van der Waals surface area contributed by atoms with Crippen LogP contribution in [0.25, 0.3) is 0 Å². The number of thioether (sulfide) groups is 1. The second-order valence-electron chi connectivity index (χ2n) is 4.84. The fraction of sp³-hybridized carbons (Fsp3) is 0.462. The fourth-order valence-corrected chi connectivity index (χ4v) is 4.60. The average Bonchev–Trinajstić information content (AvgIpc) is 2.86. The molecule has 1 saturated heterocycles. The number of nitrogens with one attached hydrogen (secondary N) is 2. The molecule has 20 heavy (non-hydrogen) atoms. The van der Waals surface area contributed by atoms with Crippen LogP contribution in [-0.4, -0.2) is 29.5 Å². The zero-order valence-electron chi connectivity index (χ0n) is 10.7. The molecule has 0 bridgehead atoms. The van der Waals surface area contributed by atoms with Crippen LogP contribution in [0.2, 0.25) is 0 Å². The van der Waals surface area contributed by atoms with Crippen LogP contribution in [0.3, 0.4) is 0 Å². The molecule has 3 heterocycles. The number of aryl methyl sites for hydroxylation is 1. The van der Waals surface area contributed by atoms with Crippen LogP contribution in [0.1, 0.15) is 33.0 Å². The monoisotopic (exact) mass is 310 g/mol. The molecule has 106 valence electrons. The van der Waals surface area contributed by atoms with Crippen molar-refractivity contribution < 1.29 is 14.4 Å². The van der Waals surface area contributed by atoms with Gasteiger partial charge in [0.25, 0.3) is 5.91 Å². The summed E-state index contributed by atoms with van der Waals surface area (Å²) in [5.74, 6) is 1.15. The molecule has 2 N–H and O–H groups in total. The Bertz CT molecular complexity index is 559. The Labute approximate surface area is 124 Å². The van der Waals surface area contributed by atoms with Crippen LogP contribution in [-0.2, 0) is 21.8 Å². The van der Waals surface area contributed by atoms with Gasteiger partial charge in [-0.1, -0.05) is 0 Å². The minimum atomic E-state index is -0.603. The van der Waals surface area contributed by atoms with Crippen molar-refractivity contribution in [1.82, 2.24) is 10.6 Å². The zero-order chi connectivity index (χ0) is 14.1. The Kier molecular flexibility index (Phi) is 3.80. The molecular weight excluding hydrogens is 296 g/mol. The summed E-state index contributed by atoms with van der Waals surface area (Å²) in [5, 5.41) is 4.96. The smallest absolute Gasteiger partial charge is 0.262 e. The van der Waals surface area contributed by atoms with Gasteiger partial charge in [0.2, 0.25) is 11.8 Å². The molecule has 0 aromatic carbocycles. The molecule has 1 atom stereocenters. The molecule has 0 aliphatic carbocycles. The molecule has 3 amide bonds. The van der Waals surface area contributed by atoms with E-state index < -0.39 is 11.9 Å². The number of imide groups is 1. The SMILES string of the molecule is O=C1CCC(NC(=O)c2cc3c(s2)CCSC3)C(=O)N1. The molecule has 0 spiro atoms. The van der Waals surface area contributed by atoms with Crippen molar-refractivity contribution in [3.8, 4) is 0 Å². The van der Waals surface area contributed by atoms with Crippen molar-refractivity contribution in [2.45, 2.75) is 31.1 Å². The number of hydrogen-bond donors (Lipinski definition) is 2. The lowest BCUT2D eigenvalue weighted by atomic mass is 10.1. The summed E-state index contributed by atoms with van der Waals surface area (Å²) in [6, 6.07) is 1.32. The first-order valence-electron chi connectivity index (χ1n) is 6.47. The van der Waals surface area contributed by atoms with Crippen LogP contribution >= 0.6 is 23.1 Å². The molecule has 2 aliphatic heterocycles. The van der Waals surface area contributed by atoms with Crippen molar-refractivity contribution in [2.24, 2.45) is 0 Å². The Morgan fingerprint density at radius 2 is 2.20 bits per heavy atom. The van der Waals surface area contributed by atoms with Gasteiger partial charge in [-0.15, -0.1) is 11.3 Å². The molecule has 1 unspecified atom stereocenters. The minimum Gasteiger partial charge on any atom is -0.340 e. The third-order valence-corrected chi connectivity index (χ3v) is 5.64. The van der Waals surface area contributed by atoms with Crippen molar-refractivity contribution in [3.63, 3.8) is 0 Å². The predicted molar refractivity (Wildman–Crippen MR) is 77.8 cm³/mol. The van der Waals surface area contributed by atoms with E-state index in [0.29, 0.717) is 11.3 Å². The van der Waals surface area contributed by atoms with Crippen molar-refractivity contribution in [3.05, 3.63) is 21.4 Å². The van der Waals surface area contributed by atoms with Crippen molar-refractivity contribution in [1.29, 1.82) is 0 Å². The molecular formula is C13H14N2O3S2. The number of thiophene rings is 1. The molecule has 0 saturated carbocycles. The Balaban J connectivity index is 1.68. The number of hydrogen-bond acceptors (Lipinski definition) is 5. The second kappa shape index (κ2) is 5.57. The van der Waals surface area contributed by atoms with Crippen LogP contribution in [0.15, 0.2) is 6.07 Å². The summed E-state index contributed by atoms with van der Waals surface area (Å²) in [6.45, 7) is 0. The summed E-state index contributed by atoms with van der Waals surface area (Å²) in [5.41, 5.74) is 1.24. The van der Waals surface area contributed by atoms with Crippen molar-refractivity contribution in [2.75, 3.05) is 5.75 Å². The first kappa shape index (κ1) is 13.6. The molecule has 7 heteroatoms. The molecule has 3 rings (SSSR count). The van der Waals surface area contributed by atoms with Gasteiger partial charge >= 0.3 is 0 Å². The van der Waals surface area contributed by atoms with Gasteiger partial charge in [-0.25, -0.2) is 0 Å². The quantitative estimate of drug-likeness (QED) is 0.801. The van der Waals surface area contributed by atoms with E-state index in [1.54, 1.807) is 0 Å². The number of carbonyl (C=O) groups is 3. The van der Waals surface area contributed by atoms with E-state index in [1.165, 1.54) is 21.8 Å². The first-order chi connectivity index (χ1) is 9.63. The Morgan fingerprint density at radius 1 is 1.35 bits per heavy atom. The molecule has 1 aromatic heterocycles. The molecule has 5 nitrogen and oxygen atoms in total. The minimum absolute atomic E-state index is 0.219. The van der Waals surface area contributed by atoms with E-state index in [2.05, 4.69) is 10.6 Å². The largest absolute Gasteiger partial charge is 0.340 e. The molecule has 2 aliphatic rings. The van der Waals surface area contributed by atoms with Gasteiger partial charge in [0.1, 0.15) is 6.04 Å². The lowest BCUT2D eigenvalue weighted by Gasteiger charge is -2.21. The van der Waals surface area contributed by atoms with Gasteiger partial charge in [0.15, 0.2) is 0 Å². The Morgan fingerprint density at radius 3 is 2.95 bits per heavy atom. The van der Waals surface area contributed by atoms with Crippen LogP contribution in [0.4, 0.5) is 0 Å². The summed E-state index contributed by atoms with van der Waals surface area (Å²) in [6.07, 6.45) is 1.65. The second-order valence-corrected chi connectivity index (χ2v) is 7.08. The number of carbonyl (C=O) groups excluding carboxylic acids is 3. The molecule has 1 fully saturated rings. The zero-order valence-corrected chi connectivity index (χ0v) is 12.4. The van der Waals surface area contributed by atoms with Crippen LogP contribution in [0, 0.1) is 0 Å². The van der Waals surface area contributed by atoms with E-state index >= 15 is 0 Å². The highest BCUT2D eigenvalue weighted by Crippen LogP contribution is 2.31. The lowest BCUT2D eigenvalue weighted by molar-refractivity contribution is -0.134. The molecule has 0 radical (unpaired) electrons. The highest BCUT2D eigenvalue weighted by molar-refractivity contribution is 7.98. The topological polar surface area (TPSA) is 75.3 Å². The highest BCUT2D eigenvalue weighted by Gasteiger charge is 2.28. The predicted octanol–water partition coefficient (Wildman–Crippen LogP) is 1.07. The van der Waals surface area contributed by atoms with E-state index in [1.807, 2.05) is 17.8 Å². The maximum Gasteiger partial charge on any atom is 0.262 e. The summed E-state index contributed by atoms with van der Waals surface area (Å²) < 4.78 is 0. The summed E-state index contributed by atoms with van der Waals surface area (Å²) in [4.78, 5) is 36.8. The number of piperidine rings is 1. The third-order valence-electron chi connectivity index (χ3n) is 3.40. The lowest BCUT2D eigenvalue weighted by Crippen LogP contribution is -2.52. The highest BCUT2D eigenvalue weighted by atomic mass is 32.2. The van der Waals surface area contributed by atoms with Gasteiger partial charge in [-0.3, -0.25) is 19.7 Å². The number of fused-ring (bicyclic) bond motifs is 1. The third kappa shape index (κ3) is 2.73. The maximum absolute atomic E-state index is 12.2. The van der Waals surface area contributed by atoms with Gasteiger partial charge in [0, 0.05) is 17.1 Å². The Hall–Kier alpha value is -1.34. The summed E-state index contributed by atoms with van der Waals surface area (Å²) >= 11 is 3.38. The van der Waals surface area contributed by atoms with Crippen LogP contribution in [0.5, 0.6) is 0 Å². The average molecular weight is 310 g/mol. The van der Waals surface area contributed by atoms with Crippen molar-refractivity contribution >= 4 is 40.8 Å². The van der Waals surface area contributed by atoms with Gasteiger partial charge < -0.3 is 5.32 Å². The fourth-order valence-electron chi connectivity index (χ4n) is 2.32. The number of rotatable bonds is 2. The maximum atomic E-state index is 12.2. The van der Waals surface area contributed by atoms with E-state index in [0.717, 1.165) is 17.9 Å². The normalized spacial score (nSPS) is 22.1. The van der Waals surface area contributed by atoms with Gasteiger partial charge in [-0.05, 0) is 30.2 Å². The first-order valence-corrected chi connectivity index (χ1v) is 8.44. The van der Waals surface area contributed by atoms with Crippen LogP contribution < -0.4 is 10.6 Å². The molecule has 1 aromatic rings.